The molecule has 2 aliphatic carbocycles. The zero-order chi connectivity index (χ0) is 12.4. The Bertz CT molecular complexity index is 401. The first-order valence-corrected chi connectivity index (χ1v) is 7.31. The summed E-state index contributed by atoms with van der Waals surface area (Å²) in [5.74, 6) is 0. The average molecular weight is 250 g/mol. The summed E-state index contributed by atoms with van der Waals surface area (Å²) in [5.41, 5.74) is 0.981. The quantitative estimate of drug-likeness (QED) is 0.772. The minimum Gasteiger partial charge on any atom is -0.450 e. The molecule has 1 atom stereocenters. The number of carbonyl (C=O) groups is 1. The van der Waals surface area contributed by atoms with Crippen LogP contribution >= 0.6 is 0 Å². The lowest BCUT2D eigenvalue weighted by Crippen LogP contribution is -2.38. The molecule has 1 N–H and O–H groups in total. The molecule has 0 radical (unpaired) electrons. The fourth-order valence-electron chi connectivity index (χ4n) is 4.36. The Kier molecular flexibility index (Phi) is 1.98. The van der Waals surface area contributed by atoms with E-state index in [-0.39, 0.29) is 11.6 Å². The molecule has 3 spiro atoms. The van der Waals surface area contributed by atoms with Crippen molar-refractivity contribution < 1.29 is 9.53 Å². The van der Waals surface area contributed by atoms with Gasteiger partial charge in [-0.05, 0) is 45.4 Å². The first kappa shape index (κ1) is 11.1. The van der Waals surface area contributed by atoms with E-state index < -0.39 is 0 Å². The summed E-state index contributed by atoms with van der Waals surface area (Å²) in [6.07, 6.45) is 7.43. The van der Waals surface area contributed by atoms with E-state index in [1.165, 1.54) is 38.5 Å². The molecular formula is C14H22N2O2. The maximum atomic E-state index is 12.1. The van der Waals surface area contributed by atoms with E-state index in [1.54, 1.807) is 0 Å². The molecule has 4 heteroatoms. The summed E-state index contributed by atoms with van der Waals surface area (Å²) in [5, 5.41) is 3.72. The third kappa shape index (κ3) is 1.44. The number of nitrogens with one attached hydrogen (secondary N) is 1. The number of amides is 1. The highest BCUT2D eigenvalue weighted by Gasteiger charge is 2.66. The summed E-state index contributed by atoms with van der Waals surface area (Å²) in [6, 6.07) is 0. The summed E-state index contributed by atoms with van der Waals surface area (Å²) in [4.78, 5) is 14.2. The Balaban J connectivity index is 1.54. The largest absolute Gasteiger partial charge is 0.450 e. The molecule has 1 unspecified atom stereocenters. The number of ether oxygens (including phenoxy) is 1. The Morgan fingerprint density at radius 2 is 2.06 bits per heavy atom. The van der Waals surface area contributed by atoms with Gasteiger partial charge in [0.25, 0.3) is 0 Å². The highest BCUT2D eigenvalue weighted by atomic mass is 16.6. The monoisotopic (exact) mass is 250 g/mol. The van der Waals surface area contributed by atoms with E-state index in [9.17, 15) is 4.79 Å². The van der Waals surface area contributed by atoms with E-state index in [0.29, 0.717) is 17.6 Å². The van der Waals surface area contributed by atoms with Gasteiger partial charge in [-0.3, -0.25) is 0 Å². The third-order valence-corrected chi connectivity index (χ3v) is 5.49. The van der Waals surface area contributed by atoms with Gasteiger partial charge in [0.05, 0.1) is 6.61 Å². The summed E-state index contributed by atoms with van der Waals surface area (Å²) in [6.45, 7) is 4.39. The molecule has 0 aromatic rings. The second kappa shape index (κ2) is 3.21. The van der Waals surface area contributed by atoms with Crippen LogP contribution in [0, 0.1) is 5.41 Å². The summed E-state index contributed by atoms with van der Waals surface area (Å²) >= 11 is 0. The number of hydrogen-bond acceptors (Lipinski definition) is 3. The van der Waals surface area contributed by atoms with E-state index in [4.69, 9.17) is 4.74 Å². The van der Waals surface area contributed by atoms with E-state index in [1.807, 2.05) is 6.92 Å². The van der Waals surface area contributed by atoms with Crippen molar-refractivity contribution in [2.45, 2.75) is 56.5 Å². The number of likely N-dealkylation sites (tertiary alicyclic amines) is 1. The molecule has 100 valence electrons. The molecule has 0 aromatic heterocycles. The smallest absolute Gasteiger partial charge is 0.410 e. The molecule has 2 heterocycles. The Labute approximate surface area is 108 Å². The number of nitrogens with zero attached hydrogens (tertiary/aromatic N) is 1. The van der Waals surface area contributed by atoms with Gasteiger partial charge >= 0.3 is 6.09 Å². The second-order valence-corrected chi connectivity index (χ2v) is 7.00. The van der Waals surface area contributed by atoms with Crippen molar-refractivity contribution in [2.24, 2.45) is 5.41 Å². The third-order valence-electron chi connectivity index (χ3n) is 5.49. The second-order valence-electron chi connectivity index (χ2n) is 7.00. The lowest BCUT2D eigenvalue weighted by atomic mass is 9.82. The molecule has 0 bridgehead atoms. The van der Waals surface area contributed by atoms with Gasteiger partial charge in [0, 0.05) is 29.6 Å². The molecular weight excluding hydrogens is 228 g/mol. The maximum absolute atomic E-state index is 12.1. The van der Waals surface area contributed by atoms with Crippen molar-refractivity contribution >= 4 is 6.09 Å². The number of hydrogen-bond donors (Lipinski definition) is 1. The molecule has 2 saturated carbocycles. The van der Waals surface area contributed by atoms with Crippen molar-refractivity contribution in [2.75, 3.05) is 19.7 Å². The van der Waals surface area contributed by atoms with Crippen LogP contribution in [0.25, 0.3) is 0 Å². The highest BCUT2D eigenvalue weighted by Crippen LogP contribution is 2.62. The average Bonchev–Trinajstić information content (AvgIpc) is 3.18. The van der Waals surface area contributed by atoms with Crippen molar-refractivity contribution in [1.29, 1.82) is 0 Å². The van der Waals surface area contributed by atoms with Gasteiger partial charge in [0.2, 0.25) is 0 Å². The van der Waals surface area contributed by atoms with Crippen LogP contribution < -0.4 is 5.32 Å². The predicted molar refractivity (Wildman–Crippen MR) is 67.3 cm³/mol. The lowest BCUT2D eigenvalue weighted by molar-refractivity contribution is 0.0962. The summed E-state index contributed by atoms with van der Waals surface area (Å²) < 4.78 is 5.24. The fourth-order valence-corrected chi connectivity index (χ4v) is 4.36. The van der Waals surface area contributed by atoms with Gasteiger partial charge < -0.3 is 15.0 Å². The van der Waals surface area contributed by atoms with Gasteiger partial charge in [-0.15, -0.1) is 0 Å². The normalized spacial score (nSPS) is 37.7. The van der Waals surface area contributed by atoms with Crippen molar-refractivity contribution in [3.05, 3.63) is 0 Å². The van der Waals surface area contributed by atoms with Crippen LogP contribution in [0.2, 0.25) is 0 Å². The maximum Gasteiger partial charge on any atom is 0.410 e. The van der Waals surface area contributed by atoms with Crippen LogP contribution in [0.15, 0.2) is 0 Å². The van der Waals surface area contributed by atoms with Crippen LogP contribution in [-0.4, -0.2) is 41.8 Å². The van der Waals surface area contributed by atoms with Gasteiger partial charge in [0.1, 0.15) is 0 Å². The summed E-state index contributed by atoms with van der Waals surface area (Å²) in [7, 11) is 0. The van der Waals surface area contributed by atoms with Crippen LogP contribution in [0.4, 0.5) is 4.79 Å². The zero-order valence-electron chi connectivity index (χ0n) is 11.1. The van der Waals surface area contributed by atoms with Gasteiger partial charge in [-0.2, -0.15) is 0 Å². The Hall–Kier alpha value is -0.770. The Morgan fingerprint density at radius 3 is 2.61 bits per heavy atom. The zero-order valence-corrected chi connectivity index (χ0v) is 11.1. The SMILES string of the molecule is CCOC(=O)N1CC2(CNC3(CC3)C2)CC12CC2. The molecule has 2 aliphatic heterocycles. The highest BCUT2D eigenvalue weighted by molar-refractivity contribution is 5.70. The molecule has 18 heavy (non-hydrogen) atoms. The minimum atomic E-state index is -0.0800. The first-order chi connectivity index (χ1) is 8.61. The lowest BCUT2D eigenvalue weighted by Gasteiger charge is -2.24. The molecule has 2 saturated heterocycles. The van der Waals surface area contributed by atoms with E-state index in [2.05, 4.69) is 10.2 Å². The molecule has 4 nitrogen and oxygen atoms in total. The van der Waals surface area contributed by atoms with Crippen LogP contribution in [-0.2, 0) is 4.74 Å². The molecule has 4 fully saturated rings. The molecule has 4 aliphatic rings. The van der Waals surface area contributed by atoms with Crippen LogP contribution in [0.1, 0.15) is 45.4 Å². The van der Waals surface area contributed by atoms with Crippen LogP contribution in [0.5, 0.6) is 0 Å². The predicted octanol–water partition coefficient (Wildman–Crippen LogP) is 1.89. The molecule has 1 amide bonds. The Morgan fingerprint density at radius 1 is 1.28 bits per heavy atom. The van der Waals surface area contributed by atoms with Gasteiger partial charge in [-0.25, -0.2) is 4.79 Å². The van der Waals surface area contributed by atoms with Crippen molar-refractivity contribution in [1.82, 2.24) is 10.2 Å². The van der Waals surface area contributed by atoms with Crippen molar-refractivity contribution in [3.8, 4) is 0 Å². The van der Waals surface area contributed by atoms with Gasteiger partial charge in [0.15, 0.2) is 0 Å². The topological polar surface area (TPSA) is 41.6 Å². The molecule has 4 rings (SSSR count). The van der Waals surface area contributed by atoms with E-state index >= 15 is 0 Å². The first-order valence-electron chi connectivity index (χ1n) is 7.31. The fraction of sp³-hybridized carbons (Fsp3) is 0.929. The molecule has 0 aromatic carbocycles. The minimum absolute atomic E-state index is 0.0800. The van der Waals surface area contributed by atoms with Crippen LogP contribution in [0.3, 0.4) is 0 Å². The number of carbonyl (C=O) groups excluding carboxylic acids is 1. The van der Waals surface area contributed by atoms with E-state index in [0.717, 1.165) is 13.1 Å². The van der Waals surface area contributed by atoms with Crippen molar-refractivity contribution in [3.63, 3.8) is 0 Å². The number of rotatable bonds is 1. The standard InChI is InChI=1S/C14H22N2O2/c1-2-18-11(17)16-10-12(8-14(16)5-6-14)7-13(3-4-13)15-9-12/h15H,2-10H2,1H3. The van der Waals surface area contributed by atoms with Gasteiger partial charge in [-0.1, -0.05) is 0 Å².